The van der Waals surface area contributed by atoms with E-state index in [1.54, 1.807) is 0 Å². The van der Waals surface area contributed by atoms with Crippen molar-refractivity contribution in [3.8, 4) is 0 Å². The Morgan fingerprint density at radius 1 is 1.00 bits per heavy atom. The van der Waals surface area contributed by atoms with Crippen molar-refractivity contribution in [3.05, 3.63) is 0 Å². The molecule has 1 saturated heterocycles. The van der Waals surface area contributed by atoms with E-state index in [1.807, 2.05) is 0 Å². The van der Waals surface area contributed by atoms with Gasteiger partial charge in [-0.25, -0.2) is 0 Å². The summed E-state index contributed by atoms with van der Waals surface area (Å²) in [6, 6.07) is 0.755. The lowest BCUT2D eigenvalue weighted by atomic mass is 9.90. The average molecular weight is 225 g/mol. The molecular weight excluding hydrogens is 194 g/mol. The van der Waals surface area contributed by atoms with Crippen molar-refractivity contribution < 1.29 is 0 Å². The van der Waals surface area contributed by atoms with Crippen LogP contribution in [-0.4, -0.2) is 24.0 Å². The zero-order valence-corrected chi connectivity index (χ0v) is 11.7. The van der Waals surface area contributed by atoms with Crippen LogP contribution in [0, 0.1) is 5.92 Å². The van der Waals surface area contributed by atoms with Crippen LogP contribution in [0.25, 0.3) is 0 Å². The SMILES string of the molecule is CCCCCCCC1CCN(C(C)C)CC1. The minimum absolute atomic E-state index is 0.755. The fraction of sp³-hybridized carbons (Fsp3) is 1.00. The molecule has 1 aliphatic heterocycles. The molecule has 0 saturated carbocycles. The molecule has 1 heterocycles. The van der Waals surface area contributed by atoms with Gasteiger partial charge in [0.1, 0.15) is 0 Å². The lowest BCUT2D eigenvalue weighted by Gasteiger charge is -2.34. The van der Waals surface area contributed by atoms with Gasteiger partial charge in [-0.3, -0.25) is 0 Å². The van der Waals surface area contributed by atoms with Crippen LogP contribution < -0.4 is 0 Å². The van der Waals surface area contributed by atoms with E-state index in [9.17, 15) is 0 Å². The summed E-state index contributed by atoms with van der Waals surface area (Å²) >= 11 is 0. The smallest absolute Gasteiger partial charge is 0.00385 e. The van der Waals surface area contributed by atoms with Crippen molar-refractivity contribution in [2.24, 2.45) is 5.92 Å². The Hall–Kier alpha value is -0.0400. The van der Waals surface area contributed by atoms with Gasteiger partial charge in [-0.15, -0.1) is 0 Å². The fourth-order valence-corrected chi connectivity index (χ4v) is 2.79. The van der Waals surface area contributed by atoms with E-state index < -0.39 is 0 Å². The first-order valence-corrected chi connectivity index (χ1v) is 7.48. The Morgan fingerprint density at radius 3 is 2.19 bits per heavy atom. The van der Waals surface area contributed by atoms with Crippen molar-refractivity contribution >= 4 is 0 Å². The van der Waals surface area contributed by atoms with Crippen LogP contribution >= 0.6 is 0 Å². The summed E-state index contributed by atoms with van der Waals surface area (Å²) in [5.41, 5.74) is 0. The molecule has 96 valence electrons. The molecule has 1 fully saturated rings. The van der Waals surface area contributed by atoms with Crippen molar-refractivity contribution in [3.63, 3.8) is 0 Å². The molecule has 1 aliphatic rings. The van der Waals surface area contributed by atoms with Gasteiger partial charge < -0.3 is 4.90 Å². The highest BCUT2D eigenvalue weighted by Crippen LogP contribution is 2.24. The standard InChI is InChI=1S/C15H31N/c1-4-5-6-7-8-9-15-10-12-16(13-11-15)14(2)3/h14-15H,4-13H2,1-3H3. The quantitative estimate of drug-likeness (QED) is 0.578. The molecule has 0 radical (unpaired) electrons. The zero-order chi connectivity index (χ0) is 11.8. The molecule has 1 nitrogen and oxygen atoms in total. The topological polar surface area (TPSA) is 3.24 Å². The number of unbranched alkanes of at least 4 members (excludes halogenated alkanes) is 4. The fourth-order valence-electron chi connectivity index (χ4n) is 2.79. The second-order valence-electron chi connectivity index (χ2n) is 5.78. The maximum Gasteiger partial charge on any atom is 0.00385 e. The van der Waals surface area contributed by atoms with E-state index >= 15 is 0 Å². The third-order valence-electron chi connectivity index (χ3n) is 4.10. The summed E-state index contributed by atoms with van der Waals surface area (Å²) < 4.78 is 0. The molecule has 0 N–H and O–H groups in total. The van der Waals surface area contributed by atoms with E-state index in [-0.39, 0.29) is 0 Å². The van der Waals surface area contributed by atoms with Gasteiger partial charge in [0, 0.05) is 6.04 Å². The van der Waals surface area contributed by atoms with E-state index in [2.05, 4.69) is 25.7 Å². The molecule has 0 aromatic rings. The molecule has 0 aliphatic carbocycles. The van der Waals surface area contributed by atoms with Crippen molar-refractivity contribution in [2.75, 3.05) is 13.1 Å². The molecule has 0 aromatic carbocycles. The molecule has 0 bridgehead atoms. The lowest BCUT2D eigenvalue weighted by molar-refractivity contribution is 0.144. The van der Waals surface area contributed by atoms with E-state index in [0.717, 1.165) is 12.0 Å². The summed E-state index contributed by atoms with van der Waals surface area (Å²) in [7, 11) is 0. The molecule has 16 heavy (non-hydrogen) atoms. The Kier molecular flexibility index (Phi) is 7.11. The van der Waals surface area contributed by atoms with Crippen molar-refractivity contribution in [1.82, 2.24) is 4.90 Å². The van der Waals surface area contributed by atoms with Crippen LogP contribution in [0.2, 0.25) is 0 Å². The molecule has 0 atom stereocenters. The van der Waals surface area contributed by atoms with Gasteiger partial charge in [0.2, 0.25) is 0 Å². The first-order valence-electron chi connectivity index (χ1n) is 7.48. The first-order chi connectivity index (χ1) is 7.74. The van der Waals surface area contributed by atoms with Crippen LogP contribution in [0.3, 0.4) is 0 Å². The Bertz CT molecular complexity index is 157. The number of hydrogen-bond donors (Lipinski definition) is 0. The van der Waals surface area contributed by atoms with Crippen LogP contribution in [0.15, 0.2) is 0 Å². The zero-order valence-electron chi connectivity index (χ0n) is 11.7. The van der Waals surface area contributed by atoms with Gasteiger partial charge in [-0.2, -0.15) is 0 Å². The Labute approximate surface area is 103 Å². The second kappa shape index (κ2) is 8.11. The summed E-state index contributed by atoms with van der Waals surface area (Å²) in [4.78, 5) is 2.63. The molecule has 0 spiro atoms. The molecule has 0 unspecified atom stereocenters. The van der Waals surface area contributed by atoms with Crippen molar-refractivity contribution in [1.29, 1.82) is 0 Å². The first kappa shape index (κ1) is 14.0. The summed E-state index contributed by atoms with van der Waals surface area (Å²) in [5, 5.41) is 0. The van der Waals surface area contributed by atoms with Crippen LogP contribution in [-0.2, 0) is 0 Å². The second-order valence-corrected chi connectivity index (χ2v) is 5.78. The highest BCUT2D eigenvalue weighted by atomic mass is 15.1. The van der Waals surface area contributed by atoms with Crippen molar-refractivity contribution in [2.45, 2.75) is 78.2 Å². The summed E-state index contributed by atoms with van der Waals surface area (Å²) in [5.74, 6) is 1.04. The Morgan fingerprint density at radius 2 is 1.62 bits per heavy atom. The van der Waals surface area contributed by atoms with E-state index in [0.29, 0.717) is 0 Å². The van der Waals surface area contributed by atoms with Gasteiger partial charge in [0.25, 0.3) is 0 Å². The third kappa shape index (κ3) is 5.34. The monoisotopic (exact) mass is 225 g/mol. The van der Waals surface area contributed by atoms with E-state index in [4.69, 9.17) is 0 Å². The van der Waals surface area contributed by atoms with Gasteiger partial charge in [0.15, 0.2) is 0 Å². The molecule has 0 amide bonds. The van der Waals surface area contributed by atoms with Crippen LogP contribution in [0.4, 0.5) is 0 Å². The molecular formula is C15H31N. The Balaban J connectivity index is 1.99. The largest absolute Gasteiger partial charge is 0.301 e. The van der Waals surface area contributed by atoms with Crippen LogP contribution in [0.1, 0.15) is 72.1 Å². The highest BCUT2D eigenvalue weighted by molar-refractivity contribution is 4.74. The van der Waals surface area contributed by atoms with Crippen LogP contribution in [0.5, 0.6) is 0 Å². The number of hydrogen-bond acceptors (Lipinski definition) is 1. The predicted molar refractivity (Wildman–Crippen MR) is 72.8 cm³/mol. The minimum Gasteiger partial charge on any atom is -0.301 e. The summed E-state index contributed by atoms with van der Waals surface area (Å²) in [6.07, 6.45) is 11.6. The highest BCUT2D eigenvalue weighted by Gasteiger charge is 2.19. The van der Waals surface area contributed by atoms with Gasteiger partial charge >= 0.3 is 0 Å². The average Bonchev–Trinajstić information content (AvgIpc) is 2.29. The van der Waals surface area contributed by atoms with Gasteiger partial charge in [-0.05, 0) is 45.7 Å². The molecule has 0 aromatic heterocycles. The lowest BCUT2D eigenvalue weighted by Crippen LogP contribution is -2.38. The third-order valence-corrected chi connectivity index (χ3v) is 4.10. The maximum absolute atomic E-state index is 2.63. The van der Waals surface area contributed by atoms with Gasteiger partial charge in [-0.1, -0.05) is 45.4 Å². The van der Waals surface area contributed by atoms with E-state index in [1.165, 1.54) is 64.5 Å². The number of piperidine rings is 1. The molecule has 1 heteroatoms. The normalized spacial score (nSPS) is 19.5. The summed E-state index contributed by atoms with van der Waals surface area (Å²) in [6.45, 7) is 9.63. The number of rotatable bonds is 7. The van der Waals surface area contributed by atoms with Gasteiger partial charge in [0.05, 0.1) is 0 Å². The predicted octanol–water partition coefficient (Wildman–Crippen LogP) is 4.47. The number of likely N-dealkylation sites (tertiary alicyclic amines) is 1. The maximum atomic E-state index is 2.63. The minimum atomic E-state index is 0.755. The number of nitrogens with zero attached hydrogens (tertiary/aromatic N) is 1. The molecule has 1 rings (SSSR count).